The van der Waals surface area contributed by atoms with Gasteiger partial charge >= 0.3 is 5.97 Å². The Morgan fingerprint density at radius 3 is 1.71 bits per heavy atom. The molecule has 1 atom stereocenters. The van der Waals surface area contributed by atoms with Crippen molar-refractivity contribution in [1.29, 1.82) is 0 Å². The molecule has 0 aromatic carbocycles. The number of hydrogen-bond acceptors (Lipinski definition) is 6. The van der Waals surface area contributed by atoms with E-state index in [0.29, 0.717) is 0 Å². The molecule has 0 saturated carbocycles. The second-order valence-electron chi connectivity index (χ2n) is 3.10. The Bertz CT molecular complexity index is 156. The topological polar surface area (TPSA) is 150 Å². The summed E-state index contributed by atoms with van der Waals surface area (Å²) >= 11 is 0. The number of rotatable bonds is 4. The first-order chi connectivity index (χ1) is 6.30. The van der Waals surface area contributed by atoms with Gasteiger partial charge in [0.25, 0.3) is 0 Å². The summed E-state index contributed by atoms with van der Waals surface area (Å²) in [6.45, 7) is 0.718. The Balaban J connectivity index is 0. The zero-order valence-corrected chi connectivity index (χ0v) is 8.05. The van der Waals surface area contributed by atoms with Crippen LogP contribution in [0.15, 0.2) is 0 Å². The maximum absolute atomic E-state index is 9.65. The molecule has 0 saturated heterocycles. The molecule has 0 aromatic heterocycles. The molecule has 0 radical (unpaired) electrons. The molecule has 0 bridgehead atoms. The Morgan fingerprint density at radius 2 is 1.71 bits per heavy atom. The number of nitrogens with two attached hydrogens (primary N) is 2. The minimum Gasteiger partial charge on any atom is -0.480 e. The van der Waals surface area contributed by atoms with E-state index < -0.39 is 24.2 Å². The largest absolute Gasteiger partial charge is 0.480 e. The standard InChI is InChI=1S/C4H11NO2.C3H7NO3/c1-4(5,2-6)3-7;4-2(1-5)3(6)7/h6-7H,2-3,5H2,1H3;2,5H,1,4H2,(H,6,7). The second kappa shape index (κ2) is 7.65. The van der Waals surface area contributed by atoms with Gasteiger partial charge in [-0.05, 0) is 6.92 Å². The molecular formula is C7H18N2O5. The second-order valence-corrected chi connectivity index (χ2v) is 3.10. The van der Waals surface area contributed by atoms with E-state index in [2.05, 4.69) is 0 Å². The summed E-state index contributed by atoms with van der Waals surface area (Å²) in [4.78, 5) is 9.65. The highest BCUT2D eigenvalue weighted by atomic mass is 16.4. The normalized spacial score (nSPS) is 12.7. The fraction of sp³-hybridized carbons (Fsp3) is 0.857. The number of aliphatic hydroxyl groups excluding tert-OH is 3. The van der Waals surface area contributed by atoms with Gasteiger partial charge in [-0.1, -0.05) is 0 Å². The fourth-order valence-corrected chi connectivity index (χ4v) is 0.128. The van der Waals surface area contributed by atoms with Gasteiger partial charge in [0.05, 0.1) is 25.4 Å². The predicted molar refractivity (Wildman–Crippen MR) is 49.5 cm³/mol. The fourth-order valence-electron chi connectivity index (χ4n) is 0.128. The first kappa shape index (κ1) is 15.7. The maximum Gasteiger partial charge on any atom is 0.322 e. The lowest BCUT2D eigenvalue weighted by Gasteiger charge is -2.16. The zero-order chi connectivity index (χ0) is 11.8. The molecule has 8 N–H and O–H groups in total. The minimum atomic E-state index is -1.18. The van der Waals surface area contributed by atoms with Crippen molar-refractivity contribution in [3.8, 4) is 0 Å². The molecule has 0 amide bonds. The molecule has 0 aliphatic heterocycles. The van der Waals surface area contributed by atoms with E-state index in [1.54, 1.807) is 6.92 Å². The van der Waals surface area contributed by atoms with Crippen LogP contribution in [0.5, 0.6) is 0 Å². The summed E-state index contributed by atoms with van der Waals surface area (Å²) in [5, 5.41) is 32.5. The monoisotopic (exact) mass is 210 g/mol. The smallest absolute Gasteiger partial charge is 0.322 e. The number of carboxylic acid groups (broad SMARTS) is 1. The summed E-state index contributed by atoms with van der Waals surface area (Å²) in [5.74, 6) is -1.18. The summed E-state index contributed by atoms with van der Waals surface area (Å²) in [6, 6.07) is -1.13. The first-order valence-electron chi connectivity index (χ1n) is 3.90. The average molecular weight is 210 g/mol. The molecule has 0 fully saturated rings. The van der Waals surface area contributed by atoms with Crippen LogP contribution in [0.2, 0.25) is 0 Å². The highest BCUT2D eigenvalue weighted by molar-refractivity contribution is 5.73. The van der Waals surface area contributed by atoms with Crippen LogP contribution in [0, 0.1) is 0 Å². The summed E-state index contributed by atoms with van der Waals surface area (Å²) in [7, 11) is 0. The molecule has 0 aliphatic rings. The lowest BCUT2D eigenvalue weighted by molar-refractivity contribution is -0.139. The number of aliphatic hydroxyl groups is 3. The van der Waals surface area contributed by atoms with Crippen LogP contribution in [-0.4, -0.2) is 57.8 Å². The van der Waals surface area contributed by atoms with Crippen molar-refractivity contribution in [1.82, 2.24) is 0 Å². The molecule has 0 rings (SSSR count). The van der Waals surface area contributed by atoms with Crippen LogP contribution in [0.1, 0.15) is 6.92 Å². The molecule has 7 heteroatoms. The SMILES string of the molecule is CC(N)(CO)CO.NC(CO)C(=O)O. The van der Waals surface area contributed by atoms with Gasteiger partial charge in [-0.15, -0.1) is 0 Å². The molecule has 0 spiro atoms. The van der Waals surface area contributed by atoms with E-state index in [4.69, 9.17) is 31.9 Å². The minimum absolute atomic E-state index is 0.177. The average Bonchev–Trinajstić information content (AvgIpc) is 2.17. The Hall–Kier alpha value is -0.730. The van der Waals surface area contributed by atoms with E-state index in [1.807, 2.05) is 0 Å². The van der Waals surface area contributed by atoms with Gasteiger partial charge in [0.15, 0.2) is 0 Å². The third kappa shape index (κ3) is 9.36. The zero-order valence-electron chi connectivity index (χ0n) is 8.05. The molecule has 0 aliphatic carbocycles. The summed E-state index contributed by atoms with van der Waals surface area (Å²) in [5.41, 5.74) is 9.18. The van der Waals surface area contributed by atoms with Crippen LogP contribution >= 0.6 is 0 Å². The summed E-state index contributed by atoms with van der Waals surface area (Å²) < 4.78 is 0. The Kier molecular flexibility index (Phi) is 8.60. The van der Waals surface area contributed by atoms with E-state index in [-0.39, 0.29) is 13.2 Å². The van der Waals surface area contributed by atoms with Gasteiger partial charge in [0.2, 0.25) is 0 Å². The van der Waals surface area contributed by atoms with E-state index in [9.17, 15) is 4.79 Å². The van der Waals surface area contributed by atoms with Gasteiger partial charge < -0.3 is 31.9 Å². The van der Waals surface area contributed by atoms with Crippen molar-refractivity contribution in [3.63, 3.8) is 0 Å². The van der Waals surface area contributed by atoms with Crippen LogP contribution < -0.4 is 11.5 Å². The third-order valence-corrected chi connectivity index (χ3v) is 1.24. The van der Waals surface area contributed by atoms with Gasteiger partial charge in [0.1, 0.15) is 6.04 Å². The number of carbonyl (C=O) groups is 1. The van der Waals surface area contributed by atoms with Gasteiger partial charge in [-0.3, -0.25) is 4.79 Å². The van der Waals surface area contributed by atoms with Crippen LogP contribution in [0.4, 0.5) is 0 Å². The number of aliphatic carboxylic acids is 1. The molecule has 1 unspecified atom stereocenters. The quantitative estimate of drug-likeness (QED) is 0.291. The summed E-state index contributed by atoms with van der Waals surface area (Å²) in [6.07, 6.45) is 0. The number of hydrogen-bond donors (Lipinski definition) is 6. The number of carboxylic acids is 1. The van der Waals surface area contributed by atoms with Crippen molar-refractivity contribution < 1.29 is 25.2 Å². The molecule has 86 valence electrons. The molecule has 0 aromatic rings. The van der Waals surface area contributed by atoms with Gasteiger partial charge in [0, 0.05) is 0 Å². The Labute approximate surface area is 82.0 Å². The van der Waals surface area contributed by atoms with Gasteiger partial charge in [-0.2, -0.15) is 0 Å². The lowest BCUT2D eigenvalue weighted by Crippen LogP contribution is -2.43. The highest BCUT2D eigenvalue weighted by Gasteiger charge is 2.13. The maximum atomic E-state index is 9.65. The molecule has 14 heavy (non-hydrogen) atoms. The van der Waals surface area contributed by atoms with Crippen molar-refractivity contribution in [2.24, 2.45) is 11.5 Å². The van der Waals surface area contributed by atoms with Crippen molar-refractivity contribution in [3.05, 3.63) is 0 Å². The third-order valence-electron chi connectivity index (χ3n) is 1.24. The van der Waals surface area contributed by atoms with Crippen LogP contribution in [-0.2, 0) is 4.79 Å². The molecule has 0 heterocycles. The van der Waals surface area contributed by atoms with E-state index >= 15 is 0 Å². The van der Waals surface area contributed by atoms with Crippen molar-refractivity contribution >= 4 is 5.97 Å². The molecular weight excluding hydrogens is 192 g/mol. The lowest BCUT2D eigenvalue weighted by atomic mass is 10.1. The van der Waals surface area contributed by atoms with E-state index in [0.717, 1.165) is 0 Å². The predicted octanol–water partition coefficient (Wildman–Crippen LogP) is -2.92. The van der Waals surface area contributed by atoms with Crippen molar-refractivity contribution in [2.45, 2.75) is 18.5 Å². The van der Waals surface area contributed by atoms with Crippen LogP contribution in [0.3, 0.4) is 0 Å². The molecule has 7 nitrogen and oxygen atoms in total. The van der Waals surface area contributed by atoms with Crippen molar-refractivity contribution in [2.75, 3.05) is 19.8 Å². The highest BCUT2D eigenvalue weighted by Crippen LogP contribution is 1.91. The van der Waals surface area contributed by atoms with E-state index in [1.165, 1.54) is 0 Å². The van der Waals surface area contributed by atoms with Gasteiger partial charge in [-0.25, -0.2) is 0 Å². The van der Waals surface area contributed by atoms with Crippen LogP contribution in [0.25, 0.3) is 0 Å². The Morgan fingerprint density at radius 1 is 1.36 bits per heavy atom. The first-order valence-corrected chi connectivity index (χ1v) is 3.90.